The molecule has 0 saturated heterocycles. The summed E-state index contributed by atoms with van der Waals surface area (Å²) in [6, 6.07) is 5.13. The molecule has 0 heterocycles. The van der Waals surface area contributed by atoms with E-state index >= 15 is 0 Å². The van der Waals surface area contributed by atoms with Crippen molar-refractivity contribution in [1.82, 2.24) is 10.2 Å². The van der Waals surface area contributed by atoms with E-state index in [1.54, 1.807) is 23.1 Å². The molecule has 1 amide bonds. The summed E-state index contributed by atoms with van der Waals surface area (Å²) in [6.45, 7) is 7.71. The molecule has 0 aliphatic heterocycles. The van der Waals surface area contributed by atoms with Crippen LogP contribution in [0.1, 0.15) is 26.3 Å². The number of likely N-dealkylation sites (N-methyl/N-ethyl adjacent to an activating group) is 1. The van der Waals surface area contributed by atoms with Gasteiger partial charge in [-0.1, -0.05) is 29.3 Å². The van der Waals surface area contributed by atoms with Gasteiger partial charge >= 0.3 is 0 Å². The van der Waals surface area contributed by atoms with E-state index in [0.29, 0.717) is 29.7 Å². The van der Waals surface area contributed by atoms with Crippen LogP contribution in [0.2, 0.25) is 10.0 Å². The van der Waals surface area contributed by atoms with Crippen molar-refractivity contribution in [3.05, 3.63) is 33.8 Å². The summed E-state index contributed by atoms with van der Waals surface area (Å²) in [5.74, 6) is 0.0909. The Bertz CT molecular complexity index is 413. The predicted octanol–water partition coefficient (Wildman–Crippen LogP) is 3.34. The summed E-state index contributed by atoms with van der Waals surface area (Å²) in [6.07, 6.45) is 0. The maximum atomic E-state index is 12.1. The molecule has 1 rings (SSSR count). The van der Waals surface area contributed by atoms with Gasteiger partial charge in [0.25, 0.3) is 0 Å². The van der Waals surface area contributed by atoms with Gasteiger partial charge in [-0.15, -0.1) is 0 Å². The molecule has 1 aromatic rings. The molecular weight excluding hydrogens is 283 g/mol. The number of halogens is 2. The van der Waals surface area contributed by atoms with E-state index in [-0.39, 0.29) is 11.9 Å². The smallest absolute Gasteiger partial charge is 0.239 e. The standard InChI is InChI=1S/C14H20Cl2N2O/c1-4-18(5-2)14(19)10(3)17-9-11-12(15)7-6-8-13(11)16/h6-8,10,17H,4-5,9H2,1-3H3. The van der Waals surface area contributed by atoms with Crippen LogP contribution < -0.4 is 5.32 Å². The molecule has 0 aliphatic carbocycles. The molecule has 0 aliphatic rings. The second kappa shape index (κ2) is 7.73. The summed E-state index contributed by atoms with van der Waals surface area (Å²) in [5.41, 5.74) is 0.824. The van der Waals surface area contributed by atoms with Gasteiger partial charge in [0.15, 0.2) is 0 Å². The van der Waals surface area contributed by atoms with Crippen molar-refractivity contribution >= 4 is 29.1 Å². The Morgan fingerprint density at radius 3 is 2.26 bits per heavy atom. The van der Waals surface area contributed by atoms with Gasteiger partial charge < -0.3 is 10.2 Å². The monoisotopic (exact) mass is 302 g/mol. The van der Waals surface area contributed by atoms with Crippen LogP contribution in [0.4, 0.5) is 0 Å². The van der Waals surface area contributed by atoms with Crippen molar-refractivity contribution in [2.45, 2.75) is 33.4 Å². The fourth-order valence-electron chi connectivity index (χ4n) is 1.85. The van der Waals surface area contributed by atoms with E-state index in [0.717, 1.165) is 5.56 Å². The van der Waals surface area contributed by atoms with Crippen molar-refractivity contribution in [2.24, 2.45) is 0 Å². The SMILES string of the molecule is CCN(CC)C(=O)C(C)NCc1c(Cl)cccc1Cl. The molecule has 0 spiro atoms. The normalized spacial score (nSPS) is 12.3. The summed E-state index contributed by atoms with van der Waals surface area (Å²) in [4.78, 5) is 13.9. The van der Waals surface area contributed by atoms with E-state index < -0.39 is 0 Å². The van der Waals surface area contributed by atoms with E-state index in [2.05, 4.69) is 5.32 Å². The molecule has 1 aromatic carbocycles. The number of nitrogens with one attached hydrogen (secondary N) is 1. The molecule has 19 heavy (non-hydrogen) atoms. The van der Waals surface area contributed by atoms with Crippen molar-refractivity contribution in [2.75, 3.05) is 13.1 Å². The molecule has 0 radical (unpaired) electrons. The number of hydrogen-bond donors (Lipinski definition) is 1. The maximum absolute atomic E-state index is 12.1. The van der Waals surface area contributed by atoms with Crippen LogP contribution in [0.15, 0.2) is 18.2 Å². The molecular formula is C14H20Cl2N2O. The molecule has 5 heteroatoms. The van der Waals surface area contributed by atoms with Gasteiger partial charge in [0.2, 0.25) is 5.91 Å². The topological polar surface area (TPSA) is 32.3 Å². The Morgan fingerprint density at radius 1 is 1.26 bits per heavy atom. The van der Waals surface area contributed by atoms with Crippen LogP contribution in [0, 0.1) is 0 Å². The van der Waals surface area contributed by atoms with Gasteiger partial charge in [-0.05, 0) is 32.9 Å². The van der Waals surface area contributed by atoms with Gasteiger partial charge in [-0.25, -0.2) is 0 Å². The van der Waals surface area contributed by atoms with Crippen molar-refractivity contribution in [1.29, 1.82) is 0 Å². The number of nitrogens with zero attached hydrogens (tertiary/aromatic N) is 1. The number of benzene rings is 1. The number of amides is 1. The lowest BCUT2D eigenvalue weighted by Gasteiger charge is -2.23. The number of rotatable bonds is 6. The van der Waals surface area contributed by atoms with Crippen molar-refractivity contribution in [3.63, 3.8) is 0 Å². The fraction of sp³-hybridized carbons (Fsp3) is 0.500. The summed E-state index contributed by atoms with van der Waals surface area (Å²) in [7, 11) is 0. The maximum Gasteiger partial charge on any atom is 0.239 e. The summed E-state index contributed by atoms with van der Waals surface area (Å²) < 4.78 is 0. The first kappa shape index (κ1) is 16.3. The van der Waals surface area contributed by atoms with E-state index in [1.165, 1.54) is 0 Å². The Kier molecular flexibility index (Phi) is 6.63. The average molecular weight is 303 g/mol. The first-order valence-electron chi connectivity index (χ1n) is 6.46. The van der Waals surface area contributed by atoms with Crippen molar-refractivity contribution in [3.8, 4) is 0 Å². The molecule has 1 atom stereocenters. The zero-order chi connectivity index (χ0) is 14.4. The van der Waals surface area contributed by atoms with Gasteiger partial charge in [0.05, 0.1) is 6.04 Å². The Labute approximate surface area is 124 Å². The lowest BCUT2D eigenvalue weighted by Crippen LogP contribution is -2.44. The van der Waals surface area contributed by atoms with Gasteiger partial charge in [-0.2, -0.15) is 0 Å². The zero-order valence-corrected chi connectivity index (χ0v) is 13.1. The highest BCUT2D eigenvalue weighted by molar-refractivity contribution is 6.35. The van der Waals surface area contributed by atoms with Gasteiger partial charge in [0.1, 0.15) is 0 Å². The molecule has 3 nitrogen and oxygen atoms in total. The van der Waals surface area contributed by atoms with Crippen LogP contribution >= 0.6 is 23.2 Å². The van der Waals surface area contributed by atoms with Crippen LogP contribution in [-0.2, 0) is 11.3 Å². The third-order valence-corrected chi connectivity index (χ3v) is 3.80. The Hall–Kier alpha value is -0.770. The fourth-order valence-corrected chi connectivity index (χ4v) is 2.38. The van der Waals surface area contributed by atoms with E-state index in [4.69, 9.17) is 23.2 Å². The minimum absolute atomic E-state index is 0.0909. The number of carbonyl (C=O) groups is 1. The highest BCUT2D eigenvalue weighted by Crippen LogP contribution is 2.23. The second-order valence-electron chi connectivity index (χ2n) is 4.31. The lowest BCUT2D eigenvalue weighted by atomic mass is 10.2. The van der Waals surface area contributed by atoms with Crippen molar-refractivity contribution < 1.29 is 4.79 Å². The van der Waals surface area contributed by atoms with Crippen LogP contribution in [-0.4, -0.2) is 29.9 Å². The second-order valence-corrected chi connectivity index (χ2v) is 5.13. The van der Waals surface area contributed by atoms with E-state index in [9.17, 15) is 4.79 Å². The van der Waals surface area contributed by atoms with Crippen LogP contribution in [0.3, 0.4) is 0 Å². The molecule has 0 fully saturated rings. The predicted molar refractivity (Wildman–Crippen MR) is 80.7 cm³/mol. The average Bonchev–Trinajstić information content (AvgIpc) is 2.39. The van der Waals surface area contributed by atoms with Gasteiger partial charge in [0, 0.05) is 35.2 Å². The quantitative estimate of drug-likeness (QED) is 0.874. The first-order valence-corrected chi connectivity index (χ1v) is 7.21. The molecule has 0 bridgehead atoms. The molecule has 1 N–H and O–H groups in total. The number of carbonyl (C=O) groups excluding carboxylic acids is 1. The van der Waals surface area contributed by atoms with Crippen LogP contribution in [0.5, 0.6) is 0 Å². The highest BCUT2D eigenvalue weighted by atomic mass is 35.5. The Morgan fingerprint density at radius 2 is 1.79 bits per heavy atom. The molecule has 106 valence electrons. The zero-order valence-electron chi connectivity index (χ0n) is 11.5. The summed E-state index contributed by atoms with van der Waals surface area (Å²) in [5, 5.41) is 4.40. The van der Waals surface area contributed by atoms with E-state index in [1.807, 2.05) is 20.8 Å². The first-order chi connectivity index (χ1) is 9.01. The number of hydrogen-bond acceptors (Lipinski definition) is 2. The summed E-state index contributed by atoms with van der Waals surface area (Å²) >= 11 is 12.2. The molecule has 0 saturated carbocycles. The molecule has 0 aromatic heterocycles. The molecule has 1 unspecified atom stereocenters. The largest absolute Gasteiger partial charge is 0.342 e. The minimum atomic E-state index is -0.257. The lowest BCUT2D eigenvalue weighted by molar-refractivity contribution is -0.132. The van der Waals surface area contributed by atoms with Crippen LogP contribution in [0.25, 0.3) is 0 Å². The van der Waals surface area contributed by atoms with Gasteiger partial charge in [-0.3, -0.25) is 4.79 Å². The minimum Gasteiger partial charge on any atom is -0.342 e. The third-order valence-electron chi connectivity index (χ3n) is 3.09. The highest BCUT2D eigenvalue weighted by Gasteiger charge is 2.18. The Balaban J connectivity index is 2.64. The third kappa shape index (κ3) is 4.37.